The third-order valence-corrected chi connectivity index (χ3v) is 3.98. The molecule has 0 aromatic heterocycles. The highest BCUT2D eigenvalue weighted by Gasteiger charge is 2.20. The van der Waals surface area contributed by atoms with Gasteiger partial charge in [0.1, 0.15) is 0 Å². The molecule has 16 heavy (non-hydrogen) atoms. The van der Waals surface area contributed by atoms with Gasteiger partial charge in [0.05, 0.1) is 0 Å². The van der Waals surface area contributed by atoms with E-state index in [0.717, 1.165) is 5.56 Å². The number of carbonyl (C=O) groups is 1. The molecule has 2 nitrogen and oxygen atoms in total. The zero-order valence-corrected chi connectivity index (χ0v) is 11.4. The van der Waals surface area contributed by atoms with Crippen LogP contribution in [0.15, 0.2) is 24.3 Å². The lowest BCUT2D eigenvalue weighted by Crippen LogP contribution is -2.22. The molecular weight excluding hydrogens is 218 g/mol. The monoisotopic (exact) mass is 237 g/mol. The van der Waals surface area contributed by atoms with Crippen molar-refractivity contribution in [2.24, 2.45) is 0 Å². The minimum atomic E-state index is 0.0442. The fourth-order valence-electron chi connectivity index (χ4n) is 1.40. The van der Waals surface area contributed by atoms with Gasteiger partial charge in [0.15, 0.2) is 0 Å². The lowest BCUT2D eigenvalue weighted by Gasteiger charge is -2.23. The molecule has 0 N–H and O–H groups in total. The van der Waals surface area contributed by atoms with Gasteiger partial charge in [0, 0.05) is 24.4 Å². The standard InChI is InChI=1S/C13H19NOS/c1-13(2,16-5)11-8-6-7-10(9-11)12(15)14(3)4/h6-9H,1-5H3. The molecule has 0 aliphatic heterocycles. The Labute approximate surface area is 102 Å². The molecule has 0 fully saturated rings. The molecule has 1 rings (SSSR count). The summed E-state index contributed by atoms with van der Waals surface area (Å²) < 4.78 is 0.0442. The fourth-order valence-corrected chi connectivity index (χ4v) is 1.77. The Kier molecular flexibility index (Phi) is 4.03. The number of rotatable bonds is 3. The number of thioether (sulfide) groups is 1. The van der Waals surface area contributed by atoms with Gasteiger partial charge in [0.25, 0.3) is 5.91 Å². The van der Waals surface area contributed by atoms with Crippen molar-refractivity contribution in [1.82, 2.24) is 4.90 Å². The van der Waals surface area contributed by atoms with Gasteiger partial charge in [-0.2, -0.15) is 11.8 Å². The number of hydrogen-bond donors (Lipinski definition) is 0. The van der Waals surface area contributed by atoms with E-state index in [4.69, 9.17) is 0 Å². The molecule has 0 aliphatic rings. The van der Waals surface area contributed by atoms with Crippen LogP contribution >= 0.6 is 11.8 Å². The Balaban J connectivity index is 3.09. The SMILES string of the molecule is CSC(C)(C)c1cccc(C(=O)N(C)C)c1. The first-order valence-electron chi connectivity index (χ1n) is 5.26. The van der Waals surface area contributed by atoms with Gasteiger partial charge in [-0.25, -0.2) is 0 Å². The van der Waals surface area contributed by atoms with Crippen LogP contribution in [-0.2, 0) is 4.75 Å². The molecule has 0 saturated heterocycles. The summed E-state index contributed by atoms with van der Waals surface area (Å²) in [5.74, 6) is 0.0544. The quantitative estimate of drug-likeness (QED) is 0.805. The van der Waals surface area contributed by atoms with Gasteiger partial charge < -0.3 is 4.90 Å². The normalized spacial score (nSPS) is 11.3. The van der Waals surface area contributed by atoms with Crippen LogP contribution in [0.4, 0.5) is 0 Å². The Hall–Kier alpha value is -0.960. The first kappa shape index (κ1) is 13.1. The number of nitrogens with zero attached hydrogens (tertiary/aromatic N) is 1. The molecule has 1 amide bonds. The smallest absolute Gasteiger partial charge is 0.253 e. The summed E-state index contributed by atoms with van der Waals surface area (Å²) in [5, 5.41) is 0. The summed E-state index contributed by atoms with van der Waals surface area (Å²) in [6.07, 6.45) is 2.08. The highest BCUT2D eigenvalue weighted by Crippen LogP contribution is 2.33. The van der Waals surface area contributed by atoms with Crippen molar-refractivity contribution in [3.63, 3.8) is 0 Å². The largest absolute Gasteiger partial charge is 0.345 e. The third kappa shape index (κ3) is 2.79. The summed E-state index contributed by atoms with van der Waals surface area (Å²) >= 11 is 1.78. The molecule has 1 aromatic rings. The van der Waals surface area contributed by atoms with Crippen LogP contribution in [0.25, 0.3) is 0 Å². The van der Waals surface area contributed by atoms with Crippen LogP contribution < -0.4 is 0 Å². The number of carbonyl (C=O) groups excluding carboxylic acids is 1. The first-order chi connectivity index (χ1) is 7.38. The second-order valence-corrected chi connectivity index (χ2v) is 5.92. The molecule has 3 heteroatoms. The van der Waals surface area contributed by atoms with E-state index >= 15 is 0 Å². The van der Waals surface area contributed by atoms with Crippen molar-refractivity contribution >= 4 is 17.7 Å². The van der Waals surface area contributed by atoms with E-state index in [1.54, 1.807) is 30.8 Å². The fraction of sp³-hybridized carbons (Fsp3) is 0.462. The molecule has 0 heterocycles. The van der Waals surface area contributed by atoms with E-state index < -0.39 is 0 Å². The highest BCUT2D eigenvalue weighted by atomic mass is 32.2. The van der Waals surface area contributed by atoms with Crippen LogP contribution in [0.2, 0.25) is 0 Å². The van der Waals surface area contributed by atoms with Gasteiger partial charge >= 0.3 is 0 Å². The van der Waals surface area contributed by atoms with Crippen molar-refractivity contribution in [2.75, 3.05) is 20.4 Å². The van der Waals surface area contributed by atoms with E-state index in [1.165, 1.54) is 5.56 Å². The maximum atomic E-state index is 11.8. The maximum Gasteiger partial charge on any atom is 0.253 e. The van der Waals surface area contributed by atoms with Crippen LogP contribution in [-0.4, -0.2) is 31.2 Å². The first-order valence-corrected chi connectivity index (χ1v) is 6.48. The molecule has 0 unspecified atom stereocenters. The lowest BCUT2D eigenvalue weighted by molar-refractivity contribution is 0.0827. The molecule has 1 aromatic carbocycles. The summed E-state index contributed by atoms with van der Waals surface area (Å²) in [6, 6.07) is 7.87. The van der Waals surface area contributed by atoms with Gasteiger partial charge in [0.2, 0.25) is 0 Å². The van der Waals surface area contributed by atoms with Gasteiger partial charge in [-0.05, 0) is 37.8 Å². The van der Waals surface area contributed by atoms with E-state index in [1.807, 2.05) is 18.2 Å². The summed E-state index contributed by atoms with van der Waals surface area (Å²) in [5.41, 5.74) is 1.94. The van der Waals surface area contributed by atoms with Crippen molar-refractivity contribution in [1.29, 1.82) is 0 Å². The van der Waals surface area contributed by atoms with Gasteiger partial charge in [-0.15, -0.1) is 0 Å². The Morgan fingerprint density at radius 2 is 1.94 bits per heavy atom. The molecule has 0 spiro atoms. The van der Waals surface area contributed by atoms with Crippen LogP contribution in [0, 0.1) is 0 Å². The Morgan fingerprint density at radius 3 is 2.44 bits per heavy atom. The maximum absolute atomic E-state index is 11.8. The zero-order valence-electron chi connectivity index (χ0n) is 10.6. The number of benzene rings is 1. The average Bonchev–Trinajstić information content (AvgIpc) is 2.28. The van der Waals surface area contributed by atoms with E-state index in [9.17, 15) is 4.79 Å². The second-order valence-electron chi connectivity index (χ2n) is 4.49. The second kappa shape index (κ2) is 4.91. The van der Waals surface area contributed by atoms with Gasteiger partial charge in [-0.1, -0.05) is 12.1 Å². The lowest BCUT2D eigenvalue weighted by atomic mass is 9.99. The van der Waals surface area contributed by atoms with E-state index in [2.05, 4.69) is 26.2 Å². The number of amides is 1. The van der Waals surface area contributed by atoms with Crippen LogP contribution in [0.1, 0.15) is 29.8 Å². The third-order valence-electron chi connectivity index (χ3n) is 2.72. The van der Waals surface area contributed by atoms with E-state index in [-0.39, 0.29) is 10.7 Å². The zero-order chi connectivity index (χ0) is 12.3. The summed E-state index contributed by atoms with van der Waals surface area (Å²) in [4.78, 5) is 13.4. The topological polar surface area (TPSA) is 20.3 Å². The molecule has 0 aliphatic carbocycles. The van der Waals surface area contributed by atoms with Crippen LogP contribution in [0.5, 0.6) is 0 Å². The minimum absolute atomic E-state index is 0.0442. The molecule has 0 saturated carbocycles. The summed E-state index contributed by atoms with van der Waals surface area (Å²) in [7, 11) is 3.55. The molecule has 0 radical (unpaired) electrons. The van der Waals surface area contributed by atoms with Crippen LogP contribution in [0.3, 0.4) is 0 Å². The van der Waals surface area contributed by atoms with Crippen molar-refractivity contribution in [3.05, 3.63) is 35.4 Å². The minimum Gasteiger partial charge on any atom is -0.345 e. The average molecular weight is 237 g/mol. The van der Waals surface area contributed by atoms with Crippen molar-refractivity contribution in [3.8, 4) is 0 Å². The Bertz CT molecular complexity index is 385. The van der Waals surface area contributed by atoms with E-state index in [0.29, 0.717) is 0 Å². The van der Waals surface area contributed by atoms with Crippen molar-refractivity contribution in [2.45, 2.75) is 18.6 Å². The molecule has 0 bridgehead atoms. The Morgan fingerprint density at radius 1 is 1.31 bits per heavy atom. The molecule has 88 valence electrons. The van der Waals surface area contributed by atoms with Gasteiger partial charge in [-0.3, -0.25) is 4.79 Å². The van der Waals surface area contributed by atoms with Crippen molar-refractivity contribution < 1.29 is 4.79 Å². The highest BCUT2D eigenvalue weighted by molar-refractivity contribution is 7.99. The molecule has 0 atom stereocenters. The predicted octanol–water partition coefficient (Wildman–Crippen LogP) is 2.99. The summed E-state index contributed by atoms with van der Waals surface area (Å²) in [6.45, 7) is 4.33. The number of hydrogen-bond acceptors (Lipinski definition) is 2. The predicted molar refractivity (Wildman–Crippen MR) is 71.0 cm³/mol. The molecular formula is C13H19NOS.